The highest BCUT2D eigenvalue weighted by Gasteiger charge is 2.00. The quantitative estimate of drug-likeness (QED) is 0.623. The monoisotopic (exact) mass is 137 g/mol. The number of aryl methyl sites for hydroxylation is 1. The Labute approximate surface area is 61.1 Å². The lowest BCUT2D eigenvalue weighted by Gasteiger charge is -1.97. The summed E-state index contributed by atoms with van der Waals surface area (Å²) in [5.41, 5.74) is 6.60. The molecule has 0 radical (unpaired) electrons. The Kier molecular flexibility index (Phi) is 1.71. The summed E-state index contributed by atoms with van der Waals surface area (Å²) in [7, 11) is 0. The van der Waals surface area contributed by atoms with Crippen LogP contribution in [-0.4, -0.2) is 5.91 Å². The predicted octanol–water partition coefficient (Wildman–Crippen LogP) is 1.34. The Balaban J connectivity index is 0.000001000. The highest BCUT2D eigenvalue weighted by atomic mass is 16.1. The zero-order valence-electron chi connectivity index (χ0n) is 5.79. The van der Waals surface area contributed by atoms with E-state index >= 15 is 0 Å². The number of carbonyl (C=O) groups is 1. The summed E-state index contributed by atoms with van der Waals surface area (Å²) in [5.74, 6) is -0.363. The van der Waals surface area contributed by atoms with E-state index in [0.29, 0.717) is 5.56 Å². The van der Waals surface area contributed by atoms with E-state index in [4.69, 9.17) is 5.73 Å². The first kappa shape index (κ1) is 6.81. The fourth-order valence-electron chi connectivity index (χ4n) is 0.849. The minimum Gasteiger partial charge on any atom is -0.366 e. The molecule has 0 unspecified atom stereocenters. The Morgan fingerprint density at radius 1 is 1.50 bits per heavy atom. The van der Waals surface area contributed by atoms with Gasteiger partial charge in [0.2, 0.25) is 5.91 Å². The van der Waals surface area contributed by atoms with Crippen LogP contribution in [0.1, 0.15) is 17.3 Å². The van der Waals surface area contributed by atoms with Crippen LogP contribution >= 0.6 is 0 Å². The van der Waals surface area contributed by atoms with Gasteiger partial charge in [0.1, 0.15) is 0 Å². The zero-order valence-corrected chi connectivity index (χ0v) is 5.79. The molecule has 0 aliphatic heterocycles. The van der Waals surface area contributed by atoms with Crippen LogP contribution in [0.4, 0.5) is 0 Å². The van der Waals surface area contributed by atoms with Gasteiger partial charge in [-0.05, 0) is 18.6 Å². The van der Waals surface area contributed by atoms with Crippen molar-refractivity contribution >= 4 is 5.91 Å². The van der Waals surface area contributed by atoms with E-state index < -0.39 is 0 Å². The third-order valence-corrected chi connectivity index (χ3v) is 1.41. The molecule has 1 amide bonds. The van der Waals surface area contributed by atoms with Crippen molar-refractivity contribution < 1.29 is 6.22 Å². The summed E-state index contributed by atoms with van der Waals surface area (Å²) in [4.78, 5) is 10.6. The van der Waals surface area contributed by atoms with E-state index in [9.17, 15) is 4.79 Å². The number of rotatable bonds is 1. The molecule has 1 rings (SSSR count). The van der Waals surface area contributed by atoms with Crippen LogP contribution in [0.2, 0.25) is 0 Å². The molecule has 0 aromatic heterocycles. The number of nitrogens with two attached hydrogens (primary N) is 1. The molecule has 54 valence electrons. The second-order valence-corrected chi connectivity index (χ2v) is 2.18. The molecular formula is C8H11NO. The molecule has 0 spiro atoms. The first-order valence-corrected chi connectivity index (χ1v) is 3.07. The van der Waals surface area contributed by atoms with E-state index in [2.05, 4.69) is 0 Å². The van der Waals surface area contributed by atoms with Crippen LogP contribution in [0.3, 0.4) is 0 Å². The third kappa shape index (κ3) is 1.16. The minimum atomic E-state index is -0.363. The maximum absolute atomic E-state index is 10.6. The molecule has 0 aliphatic rings. The molecule has 2 nitrogen and oxygen atoms in total. The number of amides is 1. The number of hydrogen-bond acceptors (Lipinski definition) is 1. The van der Waals surface area contributed by atoms with Gasteiger partial charge in [-0.3, -0.25) is 4.79 Å². The topological polar surface area (TPSA) is 43.1 Å². The second-order valence-electron chi connectivity index (χ2n) is 2.18. The van der Waals surface area contributed by atoms with E-state index in [0.717, 1.165) is 5.56 Å². The first-order valence-electron chi connectivity index (χ1n) is 3.07. The van der Waals surface area contributed by atoms with Crippen molar-refractivity contribution in [3.05, 3.63) is 35.4 Å². The first-order chi connectivity index (χ1) is 4.72. The van der Waals surface area contributed by atoms with E-state index in [-0.39, 0.29) is 7.33 Å². The molecule has 0 heterocycles. The summed E-state index contributed by atoms with van der Waals surface area (Å²) < 4.78 is 0. The highest BCUT2D eigenvalue weighted by molar-refractivity contribution is 5.94. The Morgan fingerprint density at radius 3 is 2.50 bits per heavy atom. The van der Waals surface area contributed by atoms with E-state index in [1.807, 2.05) is 19.1 Å². The molecule has 0 fully saturated rings. The smallest absolute Gasteiger partial charge is 0.248 e. The van der Waals surface area contributed by atoms with Crippen LogP contribution in [0, 0.1) is 6.92 Å². The van der Waals surface area contributed by atoms with Crippen molar-refractivity contribution in [1.82, 2.24) is 0 Å². The van der Waals surface area contributed by atoms with Crippen molar-refractivity contribution in [2.45, 2.75) is 6.92 Å². The molecular weight excluding hydrogens is 126 g/mol. The van der Waals surface area contributed by atoms with Crippen LogP contribution in [0.5, 0.6) is 0 Å². The molecule has 1 aromatic rings. The molecule has 0 saturated carbocycles. The van der Waals surface area contributed by atoms with Gasteiger partial charge in [-0.15, -0.1) is 0 Å². The highest BCUT2D eigenvalue weighted by Crippen LogP contribution is 2.04. The van der Waals surface area contributed by atoms with Gasteiger partial charge in [0.05, 0.1) is 0 Å². The molecule has 0 bridgehead atoms. The van der Waals surface area contributed by atoms with Crippen LogP contribution in [-0.2, 0) is 0 Å². The van der Waals surface area contributed by atoms with Gasteiger partial charge in [-0.2, -0.15) is 0 Å². The van der Waals surface area contributed by atoms with Gasteiger partial charge in [-0.1, -0.05) is 18.2 Å². The Bertz CT molecular complexity index is 260. The third-order valence-electron chi connectivity index (χ3n) is 1.41. The lowest BCUT2D eigenvalue weighted by molar-refractivity contribution is 0.1000. The van der Waals surface area contributed by atoms with Gasteiger partial charge >= 0.3 is 0 Å². The van der Waals surface area contributed by atoms with E-state index in [1.54, 1.807) is 12.1 Å². The molecule has 2 heteroatoms. The maximum atomic E-state index is 10.6. The number of carbonyl (C=O) groups excluding carboxylic acids is 1. The van der Waals surface area contributed by atoms with Crippen molar-refractivity contribution in [3.63, 3.8) is 0 Å². The Morgan fingerprint density at radius 2 is 2.10 bits per heavy atom. The van der Waals surface area contributed by atoms with Gasteiger partial charge in [-0.25, -0.2) is 0 Å². The van der Waals surface area contributed by atoms with Gasteiger partial charge in [0.25, 0.3) is 0 Å². The van der Waals surface area contributed by atoms with Crippen molar-refractivity contribution in [2.24, 2.45) is 5.73 Å². The molecule has 0 aliphatic carbocycles. The van der Waals surface area contributed by atoms with Gasteiger partial charge in [0, 0.05) is 6.99 Å². The van der Waals surface area contributed by atoms with Crippen molar-refractivity contribution in [3.8, 4) is 0 Å². The lowest BCUT2D eigenvalue weighted by atomic mass is 10.1. The van der Waals surface area contributed by atoms with Crippen molar-refractivity contribution in [1.29, 1.82) is 0 Å². The van der Waals surface area contributed by atoms with E-state index in [1.165, 1.54) is 0 Å². The largest absolute Gasteiger partial charge is 0.366 e. The lowest BCUT2D eigenvalue weighted by Crippen LogP contribution is -2.12. The average molecular weight is 137 g/mol. The minimum absolute atomic E-state index is 0. The summed E-state index contributed by atoms with van der Waals surface area (Å²) in [6.45, 7) is 1.86. The summed E-state index contributed by atoms with van der Waals surface area (Å²) >= 11 is 0. The predicted molar refractivity (Wildman–Crippen MR) is 41.8 cm³/mol. The Hall–Kier alpha value is -1.31. The molecule has 0 saturated heterocycles. The molecule has 1 aromatic carbocycles. The normalized spacial score (nSPS) is 9.30. The molecule has 0 atom stereocenters. The SMILES string of the molecule is Cc1ccccc1C(N)=O.[HH]. The van der Waals surface area contributed by atoms with Crippen LogP contribution in [0.25, 0.3) is 0 Å². The molecule has 10 heavy (non-hydrogen) atoms. The second kappa shape index (κ2) is 2.52. The fourth-order valence-corrected chi connectivity index (χ4v) is 0.849. The van der Waals surface area contributed by atoms with Crippen molar-refractivity contribution in [2.75, 3.05) is 0 Å². The summed E-state index contributed by atoms with van der Waals surface area (Å²) in [6, 6.07) is 7.26. The zero-order chi connectivity index (χ0) is 7.56. The van der Waals surface area contributed by atoms with Crippen LogP contribution in [0.15, 0.2) is 24.3 Å². The van der Waals surface area contributed by atoms with Crippen LogP contribution < -0.4 is 5.73 Å². The molecule has 2 N–H and O–H groups in total. The fraction of sp³-hybridized carbons (Fsp3) is 0.125. The number of benzene rings is 1. The number of hydrogen-bond donors (Lipinski definition) is 1. The maximum Gasteiger partial charge on any atom is 0.248 e. The van der Waals surface area contributed by atoms with Gasteiger partial charge in [0.15, 0.2) is 0 Å². The summed E-state index contributed by atoms with van der Waals surface area (Å²) in [6.07, 6.45) is 0. The van der Waals surface area contributed by atoms with Gasteiger partial charge < -0.3 is 5.73 Å². The number of primary amides is 1. The average Bonchev–Trinajstić information content (AvgIpc) is 1.88. The standard InChI is InChI=1S/C8H9NO.H2/c1-6-4-2-3-5-7(6)8(9)10;/h2-5H,1H3,(H2,9,10);1H. The summed E-state index contributed by atoms with van der Waals surface area (Å²) in [5, 5.41) is 0.